The van der Waals surface area contributed by atoms with E-state index >= 15 is 0 Å². The molecule has 0 bridgehead atoms. The normalized spacial score (nSPS) is 13.2. The summed E-state index contributed by atoms with van der Waals surface area (Å²) in [5.74, 6) is 0.450. The van der Waals surface area contributed by atoms with Crippen molar-refractivity contribution in [2.75, 3.05) is 31.6 Å². The lowest BCUT2D eigenvalue weighted by Crippen LogP contribution is -2.36. The molecule has 1 aromatic carbocycles. The van der Waals surface area contributed by atoms with Crippen molar-refractivity contribution in [3.63, 3.8) is 0 Å². The van der Waals surface area contributed by atoms with E-state index in [-0.39, 0.29) is 18.4 Å². The topological polar surface area (TPSA) is 62.7 Å². The van der Waals surface area contributed by atoms with E-state index in [1.807, 2.05) is 19.1 Å². The molecule has 1 aromatic heterocycles. The number of benzene rings is 1. The van der Waals surface area contributed by atoms with Gasteiger partial charge in [0.15, 0.2) is 6.61 Å². The van der Waals surface area contributed by atoms with Crippen LogP contribution in [0.5, 0.6) is 5.75 Å². The fourth-order valence-electron chi connectivity index (χ4n) is 2.80. The molecule has 0 saturated heterocycles. The van der Waals surface area contributed by atoms with E-state index in [0.29, 0.717) is 30.1 Å². The largest absolute Gasteiger partial charge is 0.482 e. The molecule has 130 valence electrons. The van der Waals surface area contributed by atoms with Crippen LogP contribution in [0.15, 0.2) is 42.7 Å². The number of hydrogen-bond donors (Lipinski definition) is 0. The Labute approximate surface area is 147 Å². The number of hydrogen-bond acceptors (Lipinski definition) is 4. The molecule has 0 N–H and O–H groups in total. The molecule has 3 rings (SSSR count). The number of amides is 2. The van der Waals surface area contributed by atoms with Gasteiger partial charge in [-0.15, -0.1) is 0 Å². The Morgan fingerprint density at radius 1 is 1.28 bits per heavy atom. The van der Waals surface area contributed by atoms with Gasteiger partial charge in [-0.25, -0.2) is 0 Å². The lowest BCUT2D eigenvalue weighted by atomic mass is 10.1. The van der Waals surface area contributed by atoms with E-state index in [0.717, 1.165) is 12.0 Å². The molecule has 0 saturated carbocycles. The molecule has 0 aliphatic carbocycles. The maximum atomic E-state index is 12.8. The van der Waals surface area contributed by atoms with Gasteiger partial charge in [-0.3, -0.25) is 14.6 Å². The molecular weight excluding hydrogens is 318 g/mol. The number of pyridine rings is 1. The Kier molecular flexibility index (Phi) is 4.97. The quantitative estimate of drug-likeness (QED) is 0.837. The van der Waals surface area contributed by atoms with Gasteiger partial charge in [0.05, 0.1) is 5.69 Å². The zero-order valence-electron chi connectivity index (χ0n) is 14.4. The van der Waals surface area contributed by atoms with Crippen molar-refractivity contribution in [2.45, 2.75) is 13.3 Å². The maximum absolute atomic E-state index is 12.8. The summed E-state index contributed by atoms with van der Waals surface area (Å²) in [6.45, 7) is 3.24. The molecule has 6 nitrogen and oxygen atoms in total. The Morgan fingerprint density at radius 2 is 2.04 bits per heavy atom. The first kappa shape index (κ1) is 17.0. The van der Waals surface area contributed by atoms with Crippen molar-refractivity contribution in [3.8, 4) is 5.75 Å². The molecule has 2 amide bonds. The van der Waals surface area contributed by atoms with E-state index < -0.39 is 0 Å². The van der Waals surface area contributed by atoms with Crippen LogP contribution in [0.2, 0.25) is 0 Å². The second kappa shape index (κ2) is 7.34. The molecule has 2 heterocycles. The molecular formula is C19H21N3O3. The minimum Gasteiger partial charge on any atom is -0.482 e. The van der Waals surface area contributed by atoms with Gasteiger partial charge in [0.1, 0.15) is 5.75 Å². The summed E-state index contributed by atoms with van der Waals surface area (Å²) in [6, 6.07) is 9.14. The third kappa shape index (κ3) is 3.63. The highest BCUT2D eigenvalue weighted by molar-refractivity contribution is 6.01. The Balaban J connectivity index is 1.75. The van der Waals surface area contributed by atoms with Gasteiger partial charge in [-0.1, -0.05) is 0 Å². The van der Waals surface area contributed by atoms with E-state index in [9.17, 15) is 9.59 Å². The minimum absolute atomic E-state index is 0.0316. The Hall–Kier alpha value is -2.89. The second-order valence-corrected chi connectivity index (χ2v) is 5.91. The van der Waals surface area contributed by atoms with Crippen LogP contribution in [0.3, 0.4) is 0 Å². The molecule has 25 heavy (non-hydrogen) atoms. The summed E-state index contributed by atoms with van der Waals surface area (Å²) in [5.41, 5.74) is 2.33. The number of carbonyl (C=O) groups is 2. The summed E-state index contributed by atoms with van der Waals surface area (Å²) in [4.78, 5) is 32.0. The molecule has 0 unspecified atom stereocenters. The van der Waals surface area contributed by atoms with Crippen LogP contribution < -0.4 is 9.64 Å². The predicted octanol–water partition coefficient (Wildman–Crippen LogP) is 2.14. The number of carbonyl (C=O) groups excluding carboxylic acids is 2. The molecule has 1 aliphatic heterocycles. The summed E-state index contributed by atoms with van der Waals surface area (Å²) in [5, 5.41) is 0. The first-order chi connectivity index (χ1) is 12.1. The molecule has 6 heteroatoms. The van der Waals surface area contributed by atoms with Crippen molar-refractivity contribution in [3.05, 3.63) is 53.9 Å². The number of aromatic nitrogens is 1. The second-order valence-electron chi connectivity index (χ2n) is 5.91. The van der Waals surface area contributed by atoms with Gasteiger partial charge >= 0.3 is 0 Å². The number of likely N-dealkylation sites (N-methyl/N-ethyl adjacent to an activating group) is 2. The number of ether oxygens (including phenoxy) is 1. The van der Waals surface area contributed by atoms with Crippen LogP contribution in [0.25, 0.3) is 0 Å². The van der Waals surface area contributed by atoms with Crippen LogP contribution in [0.1, 0.15) is 22.8 Å². The highest BCUT2D eigenvalue weighted by Gasteiger charge is 2.24. The summed E-state index contributed by atoms with van der Waals surface area (Å²) in [7, 11) is 1.69. The van der Waals surface area contributed by atoms with Crippen LogP contribution in [-0.4, -0.2) is 48.4 Å². The number of rotatable bonds is 5. The van der Waals surface area contributed by atoms with E-state index in [4.69, 9.17) is 4.74 Å². The first-order valence-electron chi connectivity index (χ1n) is 8.31. The number of fused-ring (bicyclic) bond motifs is 1. The third-order valence-electron chi connectivity index (χ3n) is 4.38. The Morgan fingerprint density at radius 3 is 2.76 bits per heavy atom. The zero-order chi connectivity index (χ0) is 17.8. The van der Waals surface area contributed by atoms with Crippen molar-refractivity contribution in [2.24, 2.45) is 0 Å². The molecule has 0 fully saturated rings. The van der Waals surface area contributed by atoms with Crippen LogP contribution >= 0.6 is 0 Å². The highest BCUT2D eigenvalue weighted by atomic mass is 16.5. The first-order valence-corrected chi connectivity index (χ1v) is 8.31. The van der Waals surface area contributed by atoms with Crippen molar-refractivity contribution in [1.29, 1.82) is 0 Å². The van der Waals surface area contributed by atoms with Crippen LogP contribution in [0.4, 0.5) is 5.69 Å². The van der Waals surface area contributed by atoms with Gasteiger partial charge in [0.2, 0.25) is 0 Å². The van der Waals surface area contributed by atoms with E-state index in [1.165, 1.54) is 4.90 Å². The number of nitrogens with zero attached hydrogens (tertiary/aromatic N) is 3. The van der Waals surface area contributed by atoms with E-state index in [1.54, 1.807) is 42.5 Å². The maximum Gasteiger partial charge on any atom is 0.264 e. The van der Waals surface area contributed by atoms with Crippen LogP contribution in [0, 0.1) is 0 Å². The monoisotopic (exact) mass is 339 g/mol. The van der Waals surface area contributed by atoms with Crippen LogP contribution in [-0.2, 0) is 11.2 Å². The number of anilines is 1. The smallest absolute Gasteiger partial charge is 0.264 e. The fourth-order valence-corrected chi connectivity index (χ4v) is 2.80. The molecule has 0 atom stereocenters. The molecule has 2 aromatic rings. The van der Waals surface area contributed by atoms with Crippen molar-refractivity contribution >= 4 is 17.5 Å². The Bertz CT molecular complexity index is 777. The standard InChI is InChI=1S/C19H21N3O3/c1-3-22(11-8-14-6-9-20-10-7-14)19(24)15-4-5-17-16(12-15)21(2)18(23)13-25-17/h4-7,9-10,12H,3,8,11,13H2,1-2H3. The van der Waals surface area contributed by atoms with E-state index in [2.05, 4.69) is 4.98 Å². The summed E-state index contributed by atoms with van der Waals surface area (Å²) >= 11 is 0. The zero-order valence-corrected chi connectivity index (χ0v) is 14.4. The summed E-state index contributed by atoms with van der Waals surface area (Å²) in [6.07, 6.45) is 4.28. The molecule has 0 spiro atoms. The molecule has 0 radical (unpaired) electrons. The van der Waals surface area contributed by atoms with Gasteiger partial charge < -0.3 is 14.5 Å². The average molecular weight is 339 g/mol. The van der Waals surface area contributed by atoms with Gasteiger partial charge in [-0.05, 0) is 49.2 Å². The van der Waals surface area contributed by atoms with Crippen molar-refractivity contribution < 1.29 is 14.3 Å². The van der Waals surface area contributed by atoms with Gasteiger partial charge in [0, 0.05) is 38.1 Å². The van der Waals surface area contributed by atoms with Gasteiger partial charge in [0.25, 0.3) is 11.8 Å². The SMILES string of the molecule is CCN(CCc1ccncc1)C(=O)c1ccc2c(c1)N(C)C(=O)CO2. The molecule has 1 aliphatic rings. The predicted molar refractivity (Wildman–Crippen MR) is 94.9 cm³/mol. The highest BCUT2D eigenvalue weighted by Crippen LogP contribution is 2.32. The lowest BCUT2D eigenvalue weighted by Gasteiger charge is -2.27. The third-order valence-corrected chi connectivity index (χ3v) is 4.38. The minimum atomic E-state index is -0.123. The van der Waals surface area contributed by atoms with Crippen molar-refractivity contribution in [1.82, 2.24) is 9.88 Å². The fraction of sp³-hybridized carbons (Fsp3) is 0.316. The average Bonchev–Trinajstić information content (AvgIpc) is 2.66. The lowest BCUT2D eigenvalue weighted by molar-refractivity contribution is -0.120. The van der Waals surface area contributed by atoms with Gasteiger partial charge in [-0.2, -0.15) is 0 Å². The summed E-state index contributed by atoms with van der Waals surface area (Å²) < 4.78 is 5.41.